The van der Waals surface area contributed by atoms with Crippen LogP contribution in [0, 0.1) is 17.8 Å². The minimum absolute atomic E-state index is 0.487. The molecule has 10 aliphatic heterocycles. The number of nitrogens with zero attached hydrogens (tertiary/aromatic N) is 10. The summed E-state index contributed by atoms with van der Waals surface area (Å²) in [7, 11) is 0. The lowest BCUT2D eigenvalue weighted by Gasteiger charge is -2.47. The summed E-state index contributed by atoms with van der Waals surface area (Å²) in [4.78, 5) is 26.1. The molecule has 12 fully saturated rings. The Morgan fingerprint density at radius 1 is 0.275 bits per heavy atom. The largest absolute Gasteiger partial charge is 0.312 e. The van der Waals surface area contributed by atoms with Crippen molar-refractivity contribution < 1.29 is 0 Å². The van der Waals surface area contributed by atoms with E-state index in [1.807, 2.05) is 0 Å². The highest BCUT2D eigenvalue weighted by Crippen LogP contribution is 2.33. The molecule has 6 unspecified atom stereocenters. The maximum atomic E-state index is 3.78. The number of nitrogens with one attached hydrogen (secondary N) is 3. The fourth-order valence-corrected chi connectivity index (χ4v) is 17.2. The topological polar surface area (TPSA) is 68.5 Å². The molecule has 91 heavy (non-hydrogen) atoms. The molecule has 6 atom stereocenters. The summed E-state index contributed by atoms with van der Waals surface area (Å²) in [5.41, 5.74) is 0.989. The molecule has 0 amide bonds. The fourth-order valence-electron chi connectivity index (χ4n) is 17.2. The first-order valence-electron chi connectivity index (χ1n) is 39.9. The Hall–Kier alpha value is -0.520. The van der Waals surface area contributed by atoms with Gasteiger partial charge in [0.2, 0.25) is 0 Å². The molecule has 0 aromatic rings. The van der Waals surface area contributed by atoms with E-state index < -0.39 is 0 Å². The molecule has 0 aromatic heterocycles. The van der Waals surface area contributed by atoms with Crippen molar-refractivity contribution in [3.05, 3.63) is 0 Å². The van der Waals surface area contributed by atoms with Crippen molar-refractivity contribution in [1.29, 1.82) is 0 Å². The van der Waals surface area contributed by atoms with Gasteiger partial charge in [-0.15, -0.1) is 0 Å². The molecular weight excluding hydrogens is 1120 g/mol. The lowest BCUT2D eigenvalue weighted by atomic mass is 9.80. The van der Waals surface area contributed by atoms with Crippen molar-refractivity contribution in [2.75, 3.05) is 151 Å². The summed E-state index contributed by atoms with van der Waals surface area (Å²) in [6.07, 6.45) is 27.0. The third-order valence-electron chi connectivity index (χ3n) is 23.7. The molecule has 12 aliphatic rings. The highest BCUT2D eigenvalue weighted by Gasteiger charge is 2.39. The standard InChI is InChI=1S/C12H24N2.2C11H22N2.C10H20N2.2C9H19N.C8H18N2.C8H17N/c1-11(2)14-9-8-13-12(10-14)6-4-3-5-7-12;1-10(2)13-8-7-12-6-4-3-5-11(12)9-13;1-10(2)13-8-7-12-11(9-13)5-3-4-6-11;1-9(2)12-7-6-11-5-3-4-10(11)8-12;2*1-8(2)10-6-4-5-9(3)7-10;1-7(2)10-5-4-9-8(3)6-10;1-7(2)9-5-4-8(3)6-9/h11,13H,3-10H2,1-2H3;10-11H,3-9H2,1-2H3;10,12H,3-9H2,1-2H3;9-10H,3-8H2,1-2H3;2*8-9H,4-7H2,1-3H3;7-9H,4-6H2,1-3H3;7-8H,4-6H2,1-3H3. The molecule has 12 rings (SSSR count). The Kier molecular flexibility index (Phi) is 37.8. The molecule has 0 aromatic carbocycles. The minimum Gasteiger partial charge on any atom is -0.312 e. The molecule has 10 saturated heterocycles. The predicted octanol–water partition coefficient (Wildman–Crippen LogP) is 13.0. The van der Waals surface area contributed by atoms with Crippen LogP contribution in [0.25, 0.3) is 0 Å². The third-order valence-corrected chi connectivity index (χ3v) is 23.7. The number of likely N-dealkylation sites (tertiary alicyclic amines) is 3. The zero-order valence-corrected chi connectivity index (χ0v) is 64.8. The fraction of sp³-hybridized carbons (Fsp3) is 1.00. The lowest BCUT2D eigenvalue weighted by molar-refractivity contribution is 0.0348. The van der Waals surface area contributed by atoms with Crippen LogP contribution in [0.15, 0.2) is 0 Å². The van der Waals surface area contributed by atoms with Crippen LogP contribution in [0.3, 0.4) is 0 Å². The second-order valence-corrected chi connectivity index (χ2v) is 34.1. The highest BCUT2D eigenvalue weighted by molar-refractivity contribution is 4.99. The van der Waals surface area contributed by atoms with E-state index in [0.29, 0.717) is 23.2 Å². The Morgan fingerprint density at radius 3 is 0.978 bits per heavy atom. The van der Waals surface area contributed by atoms with Crippen molar-refractivity contribution in [2.45, 2.75) is 338 Å². The van der Waals surface area contributed by atoms with Gasteiger partial charge < -0.3 is 30.7 Å². The van der Waals surface area contributed by atoms with E-state index in [2.05, 4.69) is 203 Å². The molecule has 13 nitrogen and oxygen atoms in total. The molecule has 538 valence electrons. The number of fused-ring (bicyclic) bond motifs is 2. The van der Waals surface area contributed by atoms with Crippen molar-refractivity contribution in [3.8, 4) is 0 Å². The van der Waals surface area contributed by atoms with Gasteiger partial charge in [0.1, 0.15) is 0 Å². The molecule has 2 saturated carbocycles. The molecule has 3 N–H and O–H groups in total. The quantitative estimate of drug-likeness (QED) is 0.216. The van der Waals surface area contributed by atoms with Crippen LogP contribution < -0.4 is 16.0 Å². The van der Waals surface area contributed by atoms with Gasteiger partial charge in [0.05, 0.1) is 0 Å². The van der Waals surface area contributed by atoms with Crippen LogP contribution >= 0.6 is 0 Å². The van der Waals surface area contributed by atoms with E-state index in [9.17, 15) is 0 Å². The van der Waals surface area contributed by atoms with Gasteiger partial charge in [-0.1, -0.05) is 59.3 Å². The van der Waals surface area contributed by atoms with Gasteiger partial charge in [0.15, 0.2) is 0 Å². The molecule has 2 spiro atoms. The molecule has 0 bridgehead atoms. The average Bonchev–Trinajstić information content (AvgIpc) is 2.42. The monoisotopic (exact) mass is 1280 g/mol. The van der Waals surface area contributed by atoms with Crippen LogP contribution in [0.2, 0.25) is 0 Å². The Morgan fingerprint density at radius 2 is 0.615 bits per heavy atom. The summed E-state index contributed by atoms with van der Waals surface area (Å²) in [5.74, 6) is 2.79. The first kappa shape index (κ1) is 81.2. The highest BCUT2D eigenvalue weighted by atomic mass is 15.3. The van der Waals surface area contributed by atoms with E-state index in [4.69, 9.17) is 0 Å². The van der Waals surface area contributed by atoms with Gasteiger partial charge >= 0.3 is 0 Å². The molecule has 2 aliphatic carbocycles. The minimum atomic E-state index is 0.487. The Bertz CT molecular complexity index is 1760. The SMILES string of the molecule is CC(C)N1CCN2CCCC2C1.CC(C)N1CCN2CCCCC2C1.CC(C)N1CCNC2(CCCC2)C1.CC(C)N1CCNC2(CCCCC2)C1.CC1CCCN(C(C)C)C1.CC1CCCN(C(C)C)C1.CC1CCN(C(C)C)C1.CC1CN(C(C)C)CCN1. The predicted molar refractivity (Wildman–Crippen MR) is 399 cm³/mol. The van der Waals surface area contributed by atoms with E-state index in [0.717, 1.165) is 78.7 Å². The van der Waals surface area contributed by atoms with Crippen molar-refractivity contribution in [2.24, 2.45) is 17.8 Å². The van der Waals surface area contributed by atoms with Gasteiger partial charge in [-0.3, -0.25) is 34.3 Å². The summed E-state index contributed by atoms with van der Waals surface area (Å²) >= 11 is 0. The van der Waals surface area contributed by atoms with Crippen LogP contribution in [0.1, 0.15) is 260 Å². The first-order chi connectivity index (χ1) is 43.3. The van der Waals surface area contributed by atoms with Crippen LogP contribution in [0.4, 0.5) is 0 Å². The number of rotatable bonds is 8. The molecule has 0 radical (unpaired) electrons. The van der Waals surface area contributed by atoms with E-state index in [1.165, 1.54) is 266 Å². The zero-order chi connectivity index (χ0) is 66.7. The smallest absolute Gasteiger partial charge is 0.0309 e. The van der Waals surface area contributed by atoms with E-state index in [-0.39, 0.29) is 0 Å². The van der Waals surface area contributed by atoms with Gasteiger partial charge in [-0.2, -0.15) is 0 Å². The van der Waals surface area contributed by atoms with Crippen molar-refractivity contribution >= 4 is 0 Å². The maximum Gasteiger partial charge on any atom is 0.0309 e. The zero-order valence-electron chi connectivity index (χ0n) is 64.8. The number of hydrogen-bond acceptors (Lipinski definition) is 13. The Balaban J connectivity index is 0.000000190. The molecular formula is C78H161N13. The van der Waals surface area contributed by atoms with Crippen LogP contribution in [0.5, 0.6) is 0 Å². The first-order valence-corrected chi connectivity index (χ1v) is 39.9. The molecule has 10 heterocycles. The summed E-state index contributed by atoms with van der Waals surface area (Å²) in [5, 5.41) is 10.9. The normalized spacial score (nSPS) is 30.1. The van der Waals surface area contributed by atoms with Gasteiger partial charge in [-0.05, 0) is 252 Å². The third kappa shape index (κ3) is 29.5. The summed E-state index contributed by atoms with van der Waals surface area (Å²) in [6.45, 7) is 75.5. The van der Waals surface area contributed by atoms with Gasteiger partial charge in [0, 0.05) is 195 Å². The molecule has 13 heteroatoms. The number of piperazine rings is 5. The Labute approximate surface area is 568 Å². The van der Waals surface area contributed by atoms with Gasteiger partial charge in [-0.25, -0.2) is 0 Å². The second-order valence-electron chi connectivity index (χ2n) is 34.1. The van der Waals surface area contributed by atoms with Gasteiger partial charge in [0.25, 0.3) is 0 Å². The van der Waals surface area contributed by atoms with E-state index >= 15 is 0 Å². The number of piperidine rings is 3. The summed E-state index contributed by atoms with van der Waals surface area (Å²) < 4.78 is 0. The van der Waals surface area contributed by atoms with Crippen molar-refractivity contribution in [1.82, 2.24) is 64.9 Å². The second kappa shape index (κ2) is 42.4. The van der Waals surface area contributed by atoms with Crippen LogP contribution in [-0.4, -0.2) is 277 Å². The summed E-state index contributed by atoms with van der Waals surface area (Å²) in [6, 6.07) is 8.35. The van der Waals surface area contributed by atoms with Crippen molar-refractivity contribution in [3.63, 3.8) is 0 Å². The van der Waals surface area contributed by atoms with Crippen LogP contribution in [-0.2, 0) is 0 Å². The van der Waals surface area contributed by atoms with E-state index in [1.54, 1.807) is 0 Å². The lowest BCUT2D eigenvalue weighted by Crippen LogP contribution is -2.62. The number of hydrogen-bond donors (Lipinski definition) is 3. The maximum absolute atomic E-state index is 3.78. The average molecular weight is 1280 g/mol.